The molecule has 0 saturated heterocycles. The minimum atomic E-state index is -4.00. The number of hydrogen-bond donors (Lipinski definition) is 1. The highest BCUT2D eigenvalue weighted by molar-refractivity contribution is 7.90. The summed E-state index contributed by atoms with van der Waals surface area (Å²) >= 11 is 6.13. The fourth-order valence-electron chi connectivity index (χ4n) is 3.31. The normalized spacial score (nSPS) is 13.7. The van der Waals surface area contributed by atoms with E-state index in [2.05, 4.69) is 9.71 Å². The Bertz CT molecular complexity index is 1130. The van der Waals surface area contributed by atoms with Crippen LogP contribution in [0.3, 0.4) is 0 Å². The fraction of sp³-hybridized carbons (Fsp3) is 0.286. The highest BCUT2D eigenvalue weighted by atomic mass is 35.5. The Morgan fingerprint density at radius 3 is 2.71 bits per heavy atom. The molecule has 0 fully saturated rings. The molecule has 0 unspecified atom stereocenters. The molecule has 0 aliphatic carbocycles. The number of amides is 2. The summed E-state index contributed by atoms with van der Waals surface area (Å²) in [5.74, 6) is -0.337. The zero-order valence-electron chi connectivity index (χ0n) is 17.2. The summed E-state index contributed by atoms with van der Waals surface area (Å²) in [6, 6.07) is 10.1. The van der Waals surface area contributed by atoms with Gasteiger partial charge in [-0.1, -0.05) is 29.8 Å². The Balaban J connectivity index is 1.96. The highest BCUT2D eigenvalue weighted by Gasteiger charge is 2.26. The molecule has 3 rings (SSSR count). The number of nitrogens with zero attached hydrogens (tertiary/aromatic N) is 3. The first kappa shape index (κ1) is 22.8. The third-order valence-corrected chi connectivity index (χ3v) is 6.42. The van der Waals surface area contributed by atoms with Crippen molar-refractivity contribution in [3.05, 3.63) is 58.1 Å². The number of nitrogens with one attached hydrogen (secondary N) is 1. The molecule has 1 aliphatic heterocycles. The van der Waals surface area contributed by atoms with Crippen molar-refractivity contribution in [2.75, 3.05) is 26.0 Å². The quantitative estimate of drug-likeness (QED) is 0.386. The first-order valence-corrected chi connectivity index (χ1v) is 11.4. The van der Waals surface area contributed by atoms with Crippen LogP contribution in [0.1, 0.15) is 16.7 Å². The predicted molar refractivity (Wildman–Crippen MR) is 120 cm³/mol. The average Bonchev–Trinajstić information content (AvgIpc) is 2.73. The van der Waals surface area contributed by atoms with E-state index in [1.54, 1.807) is 49.3 Å². The van der Waals surface area contributed by atoms with Crippen LogP contribution in [0.4, 0.5) is 5.69 Å². The Hall–Kier alpha value is -2.91. The number of benzene rings is 2. The Kier molecular flexibility index (Phi) is 6.97. The van der Waals surface area contributed by atoms with E-state index in [1.165, 1.54) is 17.3 Å². The van der Waals surface area contributed by atoms with Crippen molar-refractivity contribution in [2.24, 2.45) is 4.40 Å². The molecular weight excluding hydrogens is 440 g/mol. The van der Waals surface area contributed by atoms with E-state index in [9.17, 15) is 18.0 Å². The molecule has 2 amide bonds. The molecule has 10 heteroatoms. The molecule has 0 spiro atoms. The summed E-state index contributed by atoms with van der Waals surface area (Å²) in [5, 5.41) is 3.22. The second-order valence-electron chi connectivity index (χ2n) is 7.41. The maximum Gasteiger partial charge on any atom is 0.284 e. The second kappa shape index (κ2) is 9.49. The van der Waals surface area contributed by atoms with Crippen molar-refractivity contribution in [3.63, 3.8) is 0 Å². The molecule has 0 radical (unpaired) electrons. The maximum absolute atomic E-state index is 12.9. The first-order chi connectivity index (χ1) is 14.7. The standard InChI is InChI=1S/C21H23ClN4O4S/c1-25(2)13-23-31(29,30)20-11-17(9-16-12-26(14-27)8-7-18(16)20)24-21(28)10-15-5-3-4-6-19(15)22/h3-6,9,11,13-14H,7-8,10,12H2,1-2H3,(H,24,28)/b23-13+. The zero-order valence-corrected chi connectivity index (χ0v) is 18.8. The SMILES string of the molecule is CN(C)/C=N/S(=O)(=O)c1cc(NC(=O)Cc2ccccc2Cl)cc2c1CCN(C=O)C2. The van der Waals surface area contributed by atoms with Gasteiger partial charge in [0.1, 0.15) is 6.34 Å². The summed E-state index contributed by atoms with van der Waals surface area (Å²) in [7, 11) is -0.659. The van der Waals surface area contributed by atoms with Crippen LogP contribution in [-0.2, 0) is 39.0 Å². The summed E-state index contributed by atoms with van der Waals surface area (Å²) in [5.41, 5.74) is 2.25. The van der Waals surface area contributed by atoms with Gasteiger partial charge in [-0.3, -0.25) is 9.59 Å². The summed E-state index contributed by atoms with van der Waals surface area (Å²) in [6.45, 7) is 0.668. The topological polar surface area (TPSA) is 99.2 Å². The molecule has 2 aromatic carbocycles. The molecule has 8 nitrogen and oxygen atoms in total. The molecule has 2 aromatic rings. The number of halogens is 1. The number of sulfonamides is 1. The van der Waals surface area contributed by atoms with Crippen molar-refractivity contribution in [1.29, 1.82) is 0 Å². The van der Waals surface area contributed by atoms with Crippen LogP contribution in [0.5, 0.6) is 0 Å². The molecule has 1 aliphatic rings. The third kappa shape index (κ3) is 5.62. The number of hydrogen-bond acceptors (Lipinski definition) is 4. The minimum Gasteiger partial charge on any atom is -0.368 e. The molecular formula is C21H23ClN4O4S. The van der Waals surface area contributed by atoms with Crippen LogP contribution in [0.15, 0.2) is 45.7 Å². The lowest BCUT2D eigenvalue weighted by Crippen LogP contribution is -2.30. The van der Waals surface area contributed by atoms with E-state index in [4.69, 9.17) is 11.6 Å². The van der Waals surface area contributed by atoms with Gasteiger partial charge >= 0.3 is 0 Å². The fourth-order valence-corrected chi connectivity index (χ4v) is 4.76. The van der Waals surface area contributed by atoms with E-state index >= 15 is 0 Å². The molecule has 0 atom stereocenters. The second-order valence-corrected chi connectivity index (χ2v) is 9.42. The van der Waals surface area contributed by atoms with Crippen molar-refractivity contribution >= 4 is 46.0 Å². The Morgan fingerprint density at radius 1 is 1.29 bits per heavy atom. The van der Waals surface area contributed by atoms with Crippen LogP contribution in [0, 0.1) is 0 Å². The van der Waals surface area contributed by atoms with Crippen LogP contribution < -0.4 is 5.32 Å². The van der Waals surface area contributed by atoms with Gasteiger partial charge in [-0.15, -0.1) is 4.40 Å². The lowest BCUT2D eigenvalue weighted by atomic mass is 9.99. The summed E-state index contributed by atoms with van der Waals surface area (Å²) in [6.07, 6.45) is 2.36. The average molecular weight is 463 g/mol. The van der Waals surface area contributed by atoms with E-state index in [0.29, 0.717) is 40.4 Å². The summed E-state index contributed by atoms with van der Waals surface area (Å²) < 4.78 is 29.5. The molecule has 1 N–H and O–H groups in total. The largest absolute Gasteiger partial charge is 0.368 e. The Morgan fingerprint density at radius 2 is 2.03 bits per heavy atom. The van der Waals surface area contributed by atoms with Gasteiger partial charge < -0.3 is 15.1 Å². The highest BCUT2D eigenvalue weighted by Crippen LogP contribution is 2.30. The molecule has 0 aromatic heterocycles. The van der Waals surface area contributed by atoms with Gasteiger partial charge in [0.05, 0.1) is 11.3 Å². The van der Waals surface area contributed by atoms with Gasteiger partial charge in [0.15, 0.2) is 0 Å². The summed E-state index contributed by atoms with van der Waals surface area (Å²) in [4.78, 5) is 26.9. The predicted octanol–water partition coefficient (Wildman–Crippen LogP) is 2.31. The van der Waals surface area contributed by atoms with Crippen LogP contribution >= 0.6 is 11.6 Å². The lowest BCUT2D eigenvalue weighted by molar-refractivity contribution is -0.119. The van der Waals surface area contributed by atoms with Crippen molar-refractivity contribution in [3.8, 4) is 0 Å². The number of carbonyl (C=O) groups is 2. The van der Waals surface area contributed by atoms with Gasteiger partial charge in [0, 0.05) is 37.9 Å². The molecule has 31 heavy (non-hydrogen) atoms. The van der Waals surface area contributed by atoms with E-state index in [-0.39, 0.29) is 23.8 Å². The first-order valence-electron chi connectivity index (χ1n) is 9.55. The van der Waals surface area contributed by atoms with E-state index in [1.807, 2.05) is 0 Å². The van der Waals surface area contributed by atoms with E-state index < -0.39 is 10.0 Å². The number of carbonyl (C=O) groups excluding carboxylic acids is 2. The van der Waals surface area contributed by atoms with Crippen molar-refractivity contribution < 1.29 is 18.0 Å². The van der Waals surface area contributed by atoms with Crippen molar-refractivity contribution in [2.45, 2.75) is 24.3 Å². The zero-order chi connectivity index (χ0) is 22.6. The van der Waals surface area contributed by atoms with Gasteiger partial charge in [0.2, 0.25) is 12.3 Å². The number of anilines is 1. The van der Waals surface area contributed by atoms with Crippen LogP contribution in [0.25, 0.3) is 0 Å². The Labute approximate surface area is 186 Å². The van der Waals surface area contributed by atoms with Gasteiger partial charge in [-0.2, -0.15) is 8.42 Å². The third-order valence-electron chi connectivity index (χ3n) is 4.76. The van der Waals surface area contributed by atoms with Gasteiger partial charge in [-0.25, -0.2) is 0 Å². The monoisotopic (exact) mass is 462 g/mol. The molecule has 164 valence electrons. The maximum atomic E-state index is 12.9. The van der Waals surface area contributed by atoms with Crippen LogP contribution in [-0.4, -0.2) is 57.5 Å². The molecule has 1 heterocycles. The van der Waals surface area contributed by atoms with Gasteiger partial charge in [-0.05, 0) is 41.3 Å². The van der Waals surface area contributed by atoms with Crippen LogP contribution in [0.2, 0.25) is 5.02 Å². The van der Waals surface area contributed by atoms with Crippen molar-refractivity contribution in [1.82, 2.24) is 9.80 Å². The number of rotatable bonds is 7. The van der Waals surface area contributed by atoms with E-state index in [0.717, 1.165) is 6.41 Å². The minimum absolute atomic E-state index is 0.0293. The number of fused-ring (bicyclic) bond motifs is 1. The lowest BCUT2D eigenvalue weighted by Gasteiger charge is -2.27. The van der Waals surface area contributed by atoms with Gasteiger partial charge in [0.25, 0.3) is 10.0 Å². The smallest absolute Gasteiger partial charge is 0.284 e. The molecule has 0 saturated carbocycles. The molecule has 0 bridgehead atoms.